The summed E-state index contributed by atoms with van der Waals surface area (Å²) in [4.78, 5) is 11.7. The molecule has 0 fully saturated rings. The number of hydrogen-bond acceptors (Lipinski definition) is 5. The molecule has 2 aromatic carbocycles. The quantitative estimate of drug-likeness (QED) is 0.736. The van der Waals surface area contributed by atoms with E-state index < -0.39 is 15.9 Å². The monoisotopic (exact) mass is 349 g/mol. The van der Waals surface area contributed by atoms with Crippen LogP contribution >= 0.6 is 0 Å². The van der Waals surface area contributed by atoms with Gasteiger partial charge in [0.05, 0.1) is 11.5 Å². The average molecular weight is 349 g/mol. The van der Waals surface area contributed by atoms with Crippen molar-refractivity contribution in [2.75, 3.05) is 19.8 Å². The van der Waals surface area contributed by atoms with Crippen LogP contribution in [-0.2, 0) is 19.6 Å². The van der Waals surface area contributed by atoms with Crippen molar-refractivity contribution in [2.24, 2.45) is 0 Å². The predicted octanol–water partition coefficient (Wildman–Crippen LogP) is 1.90. The molecule has 7 heteroatoms. The second-order valence-corrected chi connectivity index (χ2v) is 6.74. The minimum Gasteiger partial charge on any atom is -0.491 e. The lowest BCUT2D eigenvalue weighted by Gasteiger charge is -2.09. The largest absolute Gasteiger partial charge is 0.491 e. The number of nitrogens with one attached hydrogen (secondary N) is 1. The van der Waals surface area contributed by atoms with Gasteiger partial charge in [0.15, 0.2) is 0 Å². The summed E-state index contributed by atoms with van der Waals surface area (Å²) in [5.74, 6) is -0.0252. The molecular weight excluding hydrogens is 330 g/mol. The highest BCUT2D eigenvalue weighted by Gasteiger charge is 2.17. The van der Waals surface area contributed by atoms with Crippen molar-refractivity contribution in [1.82, 2.24) is 4.72 Å². The van der Waals surface area contributed by atoms with E-state index in [4.69, 9.17) is 9.47 Å². The van der Waals surface area contributed by atoms with E-state index in [0.717, 1.165) is 5.56 Å². The Hall–Kier alpha value is -2.38. The van der Waals surface area contributed by atoms with Gasteiger partial charge in [0.1, 0.15) is 19.0 Å². The molecule has 0 radical (unpaired) electrons. The van der Waals surface area contributed by atoms with Gasteiger partial charge >= 0.3 is 0 Å². The second kappa shape index (κ2) is 8.47. The van der Waals surface area contributed by atoms with E-state index in [1.165, 1.54) is 12.1 Å². The molecule has 0 aromatic heterocycles. The third-order valence-electron chi connectivity index (χ3n) is 3.05. The predicted molar refractivity (Wildman–Crippen MR) is 89.3 cm³/mol. The Bertz CT molecular complexity index is 757. The summed E-state index contributed by atoms with van der Waals surface area (Å²) < 4.78 is 36.5. The van der Waals surface area contributed by atoms with Crippen LogP contribution in [-0.4, -0.2) is 34.1 Å². The fraction of sp³-hybridized carbons (Fsp3) is 0.235. The molecule has 0 aliphatic carbocycles. The Labute approximate surface area is 141 Å². The molecule has 1 amide bonds. The highest BCUT2D eigenvalue weighted by atomic mass is 32.2. The topological polar surface area (TPSA) is 81.7 Å². The van der Waals surface area contributed by atoms with Crippen molar-refractivity contribution in [3.05, 3.63) is 60.2 Å². The molecule has 2 aromatic rings. The Balaban J connectivity index is 1.72. The molecular formula is C17H19NO5S. The smallest absolute Gasteiger partial charge is 0.264 e. The maximum atomic E-state index is 12.0. The summed E-state index contributed by atoms with van der Waals surface area (Å²) in [6.45, 7) is 1.93. The van der Waals surface area contributed by atoms with E-state index in [2.05, 4.69) is 0 Å². The zero-order valence-corrected chi connectivity index (χ0v) is 14.1. The number of sulfonamides is 1. The van der Waals surface area contributed by atoms with Crippen molar-refractivity contribution in [1.29, 1.82) is 0 Å². The zero-order chi connectivity index (χ0) is 17.4. The van der Waals surface area contributed by atoms with E-state index >= 15 is 0 Å². The molecule has 2 rings (SSSR count). The maximum Gasteiger partial charge on any atom is 0.264 e. The van der Waals surface area contributed by atoms with Gasteiger partial charge in [0.2, 0.25) is 0 Å². The van der Waals surface area contributed by atoms with Crippen molar-refractivity contribution in [3.63, 3.8) is 0 Å². The first-order chi connectivity index (χ1) is 11.5. The number of ether oxygens (including phenoxy) is 2. The molecule has 0 unspecified atom stereocenters. The molecule has 6 nitrogen and oxygen atoms in total. The third kappa shape index (κ3) is 5.68. The van der Waals surface area contributed by atoms with E-state index in [1.54, 1.807) is 24.3 Å². The van der Waals surface area contributed by atoms with Crippen LogP contribution in [0.15, 0.2) is 59.5 Å². The summed E-state index contributed by atoms with van der Waals surface area (Å²) in [6.07, 6.45) is 0. The molecule has 1 N–H and O–H groups in total. The molecule has 0 heterocycles. The molecule has 0 aliphatic rings. The van der Waals surface area contributed by atoms with Crippen molar-refractivity contribution in [2.45, 2.75) is 11.8 Å². The van der Waals surface area contributed by atoms with Crippen LogP contribution in [0.4, 0.5) is 0 Å². The first-order valence-electron chi connectivity index (χ1n) is 7.35. The Morgan fingerprint density at radius 1 is 1.00 bits per heavy atom. The minimum absolute atomic E-state index is 0.0360. The molecule has 0 saturated heterocycles. The Morgan fingerprint density at radius 3 is 2.33 bits per heavy atom. The SMILES string of the molecule is Cc1ccc(S(=O)(=O)NC(=O)COCCOc2ccccc2)cc1. The number of carbonyl (C=O) groups is 1. The molecule has 0 saturated carbocycles. The van der Waals surface area contributed by atoms with Gasteiger partial charge in [-0.05, 0) is 31.2 Å². The number of carbonyl (C=O) groups excluding carboxylic acids is 1. The number of amides is 1. The number of para-hydroxylation sites is 1. The van der Waals surface area contributed by atoms with Gasteiger partial charge in [0.25, 0.3) is 15.9 Å². The fourth-order valence-electron chi connectivity index (χ4n) is 1.86. The van der Waals surface area contributed by atoms with Crippen LogP contribution in [0, 0.1) is 6.92 Å². The van der Waals surface area contributed by atoms with Gasteiger partial charge in [-0.25, -0.2) is 13.1 Å². The van der Waals surface area contributed by atoms with Crippen LogP contribution in [0.1, 0.15) is 5.56 Å². The van der Waals surface area contributed by atoms with E-state index in [-0.39, 0.29) is 24.7 Å². The first-order valence-corrected chi connectivity index (χ1v) is 8.83. The van der Waals surface area contributed by atoms with Crippen LogP contribution in [0.25, 0.3) is 0 Å². The molecule has 0 atom stereocenters. The first kappa shape index (κ1) is 18.0. The number of hydrogen-bond donors (Lipinski definition) is 1. The number of benzene rings is 2. The second-order valence-electron chi connectivity index (χ2n) is 5.06. The molecule has 0 spiro atoms. The van der Waals surface area contributed by atoms with Crippen LogP contribution in [0.5, 0.6) is 5.75 Å². The lowest BCUT2D eigenvalue weighted by Crippen LogP contribution is -2.33. The standard InChI is InChI=1S/C17H19NO5S/c1-14-7-9-16(10-8-14)24(20,21)18-17(19)13-22-11-12-23-15-5-3-2-4-6-15/h2-10H,11-13H2,1H3,(H,18,19). The molecule has 0 bridgehead atoms. The molecule has 0 aliphatic heterocycles. The Kier molecular flexibility index (Phi) is 6.34. The van der Waals surface area contributed by atoms with Gasteiger partial charge in [-0.3, -0.25) is 4.79 Å². The van der Waals surface area contributed by atoms with Gasteiger partial charge < -0.3 is 9.47 Å². The molecule has 24 heavy (non-hydrogen) atoms. The van der Waals surface area contributed by atoms with Crippen LogP contribution in [0.3, 0.4) is 0 Å². The summed E-state index contributed by atoms with van der Waals surface area (Å²) in [7, 11) is -3.87. The normalized spacial score (nSPS) is 11.0. The maximum absolute atomic E-state index is 12.0. The van der Waals surface area contributed by atoms with Gasteiger partial charge in [-0.1, -0.05) is 35.9 Å². The van der Waals surface area contributed by atoms with Crippen LogP contribution < -0.4 is 9.46 Å². The summed E-state index contributed by atoms with van der Waals surface area (Å²) >= 11 is 0. The highest BCUT2D eigenvalue weighted by Crippen LogP contribution is 2.10. The average Bonchev–Trinajstić information content (AvgIpc) is 2.55. The summed E-state index contributed by atoms with van der Waals surface area (Å²) in [5.41, 5.74) is 0.932. The van der Waals surface area contributed by atoms with E-state index in [9.17, 15) is 13.2 Å². The van der Waals surface area contributed by atoms with E-state index in [1.807, 2.05) is 29.8 Å². The van der Waals surface area contributed by atoms with Gasteiger partial charge in [-0.15, -0.1) is 0 Å². The minimum atomic E-state index is -3.87. The van der Waals surface area contributed by atoms with Crippen molar-refractivity contribution in [3.8, 4) is 5.75 Å². The van der Waals surface area contributed by atoms with Crippen LogP contribution in [0.2, 0.25) is 0 Å². The lowest BCUT2D eigenvalue weighted by molar-refractivity contribution is -0.124. The van der Waals surface area contributed by atoms with E-state index in [0.29, 0.717) is 5.75 Å². The van der Waals surface area contributed by atoms with Crippen molar-refractivity contribution < 1.29 is 22.7 Å². The fourth-order valence-corrected chi connectivity index (χ4v) is 2.83. The third-order valence-corrected chi connectivity index (χ3v) is 4.44. The number of rotatable bonds is 8. The molecule has 128 valence electrons. The highest BCUT2D eigenvalue weighted by molar-refractivity contribution is 7.90. The summed E-state index contributed by atoms with van der Waals surface area (Å²) in [6, 6.07) is 15.4. The lowest BCUT2D eigenvalue weighted by atomic mass is 10.2. The number of aryl methyl sites for hydroxylation is 1. The summed E-state index contributed by atoms with van der Waals surface area (Å²) in [5, 5.41) is 0. The van der Waals surface area contributed by atoms with Gasteiger partial charge in [-0.2, -0.15) is 0 Å². The van der Waals surface area contributed by atoms with Gasteiger partial charge in [0, 0.05) is 0 Å². The van der Waals surface area contributed by atoms with Crippen molar-refractivity contribution >= 4 is 15.9 Å². The zero-order valence-electron chi connectivity index (χ0n) is 13.3. The Morgan fingerprint density at radius 2 is 1.67 bits per heavy atom.